The van der Waals surface area contributed by atoms with E-state index in [1.807, 2.05) is 6.92 Å². The maximum absolute atomic E-state index is 11.5. The minimum Gasteiger partial charge on any atom is -0.349 e. The van der Waals surface area contributed by atoms with Crippen LogP contribution < -0.4 is 0 Å². The summed E-state index contributed by atoms with van der Waals surface area (Å²) in [4.78, 5) is 0. The van der Waals surface area contributed by atoms with E-state index in [9.17, 15) is 5.11 Å². The molecule has 15 heavy (non-hydrogen) atoms. The topological polar surface area (TPSA) is 29.1 Å². The van der Waals surface area contributed by atoms with Crippen LogP contribution >= 0.6 is 0 Å². The molecule has 0 fully saturated rings. The third-order valence-electron chi connectivity index (χ3n) is 2.94. The Morgan fingerprint density at radius 3 is 2.07 bits per heavy atom. The Labute approximate surface area is 95.0 Å². The van der Waals surface area contributed by atoms with Gasteiger partial charge in [-0.05, 0) is 18.3 Å². The summed E-state index contributed by atoms with van der Waals surface area (Å²) in [6.07, 6.45) is 2.57. The molecule has 0 rings (SSSR count). The minimum absolute atomic E-state index is 0.107. The smallest absolute Gasteiger partial charge is 0.194 e. The monoisotopic (exact) mass is 215 g/mol. The molecule has 1 radical (unpaired) electrons. The molecule has 0 aliphatic carbocycles. The highest BCUT2D eigenvalue weighted by molar-refractivity contribution is 4.59. The van der Waals surface area contributed by atoms with Gasteiger partial charge in [-0.25, -0.2) is 5.11 Å². The molecular weight excluding hydrogens is 188 g/mol. The second-order valence-corrected chi connectivity index (χ2v) is 5.23. The molecular formula is C13H27O2. The van der Waals surface area contributed by atoms with Crippen molar-refractivity contribution in [3.8, 4) is 0 Å². The fourth-order valence-corrected chi connectivity index (χ4v) is 1.32. The van der Waals surface area contributed by atoms with Crippen molar-refractivity contribution in [2.45, 2.75) is 60.2 Å². The second-order valence-electron chi connectivity index (χ2n) is 5.23. The third-order valence-corrected chi connectivity index (χ3v) is 2.94. The highest BCUT2D eigenvalue weighted by Gasteiger charge is 2.19. The molecule has 2 nitrogen and oxygen atoms in total. The summed E-state index contributed by atoms with van der Waals surface area (Å²) in [5.74, 6) is 1.26. The van der Waals surface area contributed by atoms with E-state index >= 15 is 0 Å². The molecule has 0 saturated heterocycles. The summed E-state index contributed by atoms with van der Waals surface area (Å²) < 4.78 is 5.29. The summed E-state index contributed by atoms with van der Waals surface area (Å²) in [5, 5.41) is 11.5. The maximum atomic E-state index is 11.5. The van der Waals surface area contributed by atoms with Gasteiger partial charge in [-0.1, -0.05) is 47.5 Å². The van der Waals surface area contributed by atoms with Crippen LogP contribution in [0.3, 0.4) is 0 Å². The van der Waals surface area contributed by atoms with Gasteiger partial charge in [0.25, 0.3) is 0 Å². The second kappa shape index (κ2) is 8.12. The van der Waals surface area contributed by atoms with E-state index in [0.717, 1.165) is 12.3 Å². The van der Waals surface area contributed by atoms with Gasteiger partial charge in [0.2, 0.25) is 0 Å². The Balaban J connectivity index is 3.42. The maximum Gasteiger partial charge on any atom is 0.194 e. The quantitative estimate of drug-likeness (QED) is 0.446. The lowest BCUT2D eigenvalue weighted by molar-refractivity contribution is -0.176. The normalized spacial score (nSPS) is 16.0. The van der Waals surface area contributed by atoms with Gasteiger partial charge in [0.1, 0.15) is 0 Å². The lowest BCUT2D eigenvalue weighted by atomic mass is 9.98. The molecule has 0 spiro atoms. The van der Waals surface area contributed by atoms with Crippen LogP contribution in [0, 0.1) is 17.8 Å². The van der Waals surface area contributed by atoms with Crippen LogP contribution in [-0.2, 0) is 9.84 Å². The first-order valence-electron chi connectivity index (χ1n) is 6.22. The third kappa shape index (κ3) is 7.80. The van der Waals surface area contributed by atoms with Crippen molar-refractivity contribution in [3.63, 3.8) is 0 Å². The van der Waals surface area contributed by atoms with E-state index in [1.165, 1.54) is 12.8 Å². The molecule has 0 aromatic heterocycles. The fraction of sp³-hybridized carbons (Fsp3) is 1.00. The van der Waals surface area contributed by atoms with Crippen LogP contribution in [0.2, 0.25) is 0 Å². The first-order valence-corrected chi connectivity index (χ1v) is 6.22. The van der Waals surface area contributed by atoms with Gasteiger partial charge < -0.3 is 4.74 Å². The molecule has 0 aromatic rings. The zero-order valence-electron chi connectivity index (χ0n) is 11.0. The summed E-state index contributed by atoms with van der Waals surface area (Å²) >= 11 is 0. The van der Waals surface area contributed by atoms with Crippen LogP contribution in [0.1, 0.15) is 53.9 Å². The number of hydrogen-bond donors (Lipinski definition) is 0. The average Bonchev–Trinajstić information content (AvgIpc) is 2.15. The zero-order chi connectivity index (χ0) is 11.8. The predicted octanol–water partition coefficient (Wildman–Crippen LogP) is 3.88. The summed E-state index contributed by atoms with van der Waals surface area (Å²) in [5.41, 5.74) is 0. The van der Waals surface area contributed by atoms with Crippen LogP contribution in [-0.4, -0.2) is 12.9 Å². The molecule has 2 unspecified atom stereocenters. The van der Waals surface area contributed by atoms with Gasteiger partial charge in [-0.3, -0.25) is 0 Å². The van der Waals surface area contributed by atoms with E-state index in [0.29, 0.717) is 12.5 Å². The van der Waals surface area contributed by atoms with Crippen LogP contribution in [0.25, 0.3) is 0 Å². The molecule has 0 amide bonds. The van der Waals surface area contributed by atoms with E-state index in [2.05, 4.69) is 27.7 Å². The molecule has 0 heterocycles. The van der Waals surface area contributed by atoms with Crippen molar-refractivity contribution in [3.05, 3.63) is 0 Å². The van der Waals surface area contributed by atoms with Gasteiger partial charge in [0, 0.05) is 12.5 Å². The van der Waals surface area contributed by atoms with Gasteiger partial charge in [-0.15, -0.1) is 0 Å². The summed E-state index contributed by atoms with van der Waals surface area (Å²) in [6.45, 7) is 11.2. The number of hydrogen-bond acceptors (Lipinski definition) is 1. The number of rotatable bonds is 8. The molecule has 0 aromatic carbocycles. The molecule has 0 bridgehead atoms. The fourth-order valence-electron chi connectivity index (χ4n) is 1.32. The Morgan fingerprint density at radius 1 is 1.00 bits per heavy atom. The van der Waals surface area contributed by atoms with Crippen LogP contribution in [0.5, 0.6) is 0 Å². The van der Waals surface area contributed by atoms with Crippen molar-refractivity contribution in [1.29, 1.82) is 0 Å². The van der Waals surface area contributed by atoms with Crippen LogP contribution in [0.15, 0.2) is 0 Å². The van der Waals surface area contributed by atoms with Crippen LogP contribution in [0.4, 0.5) is 0 Å². The predicted molar refractivity (Wildman–Crippen MR) is 63.1 cm³/mol. The Kier molecular flexibility index (Phi) is 8.07. The zero-order valence-corrected chi connectivity index (χ0v) is 11.0. The number of ether oxygens (including phenoxy) is 1. The first-order chi connectivity index (χ1) is 6.95. The van der Waals surface area contributed by atoms with E-state index in [-0.39, 0.29) is 5.92 Å². The first kappa shape index (κ1) is 14.9. The lowest BCUT2D eigenvalue weighted by Gasteiger charge is -2.20. The SMILES string of the molecule is CC(C)CCCCOC([O])C(C)C(C)C. The standard InChI is InChI=1S/C13H27O2/c1-10(2)8-6-7-9-15-13(14)12(5)11(3)4/h10-13H,6-9H2,1-5H3. The van der Waals surface area contributed by atoms with Gasteiger partial charge in [0.05, 0.1) is 0 Å². The Hall–Kier alpha value is -0.0800. The van der Waals surface area contributed by atoms with Crippen molar-refractivity contribution < 1.29 is 9.84 Å². The van der Waals surface area contributed by atoms with Crippen molar-refractivity contribution in [1.82, 2.24) is 0 Å². The van der Waals surface area contributed by atoms with Gasteiger partial charge in [0.15, 0.2) is 6.29 Å². The van der Waals surface area contributed by atoms with Crippen molar-refractivity contribution in [2.24, 2.45) is 17.8 Å². The summed E-state index contributed by atoms with van der Waals surface area (Å²) in [6, 6.07) is 0. The molecule has 0 aliphatic rings. The molecule has 91 valence electrons. The minimum atomic E-state index is -0.843. The number of unbranched alkanes of at least 4 members (excludes halogenated alkanes) is 1. The average molecular weight is 215 g/mol. The molecule has 2 heteroatoms. The molecule has 0 N–H and O–H groups in total. The summed E-state index contributed by atoms with van der Waals surface area (Å²) in [7, 11) is 0. The Morgan fingerprint density at radius 2 is 1.60 bits per heavy atom. The highest BCUT2D eigenvalue weighted by Crippen LogP contribution is 2.16. The molecule has 0 aliphatic heterocycles. The lowest BCUT2D eigenvalue weighted by Crippen LogP contribution is -2.24. The van der Waals surface area contributed by atoms with Crippen molar-refractivity contribution >= 4 is 0 Å². The van der Waals surface area contributed by atoms with Gasteiger partial charge >= 0.3 is 0 Å². The molecule has 0 saturated carbocycles. The van der Waals surface area contributed by atoms with E-state index in [1.54, 1.807) is 0 Å². The van der Waals surface area contributed by atoms with E-state index in [4.69, 9.17) is 4.74 Å². The van der Waals surface area contributed by atoms with Gasteiger partial charge in [-0.2, -0.15) is 0 Å². The highest BCUT2D eigenvalue weighted by atomic mass is 16.6. The Bertz CT molecular complexity index is 143. The largest absolute Gasteiger partial charge is 0.349 e. The van der Waals surface area contributed by atoms with Crippen molar-refractivity contribution in [2.75, 3.05) is 6.61 Å². The molecule has 2 atom stereocenters. The van der Waals surface area contributed by atoms with E-state index < -0.39 is 6.29 Å².